The molecule has 0 unspecified atom stereocenters. The van der Waals surface area contributed by atoms with E-state index in [4.69, 9.17) is 9.47 Å². The minimum absolute atomic E-state index is 0.178. The molecular weight excluding hydrogens is 363 g/mol. The van der Waals surface area contributed by atoms with Crippen molar-refractivity contribution in [3.63, 3.8) is 0 Å². The van der Waals surface area contributed by atoms with E-state index in [1.807, 2.05) is 6.92 Å². The number of nitrogens with one attached hydrogen (secondary N) is 1. The maximum atomic E-state index is 13.2. The summed E-state index contributed by atoms with van der Waals surface area (Å²) in [6, 6.07) is 12.1. The lowest BCUT2D eigenvalue weighted by molar-refractivity contribution is -0.142. The number of ether oxygens (including phenoxy) is 2. The van der Waals surface area contributed by atoms with E-state index in [0.717, 1.165) is 5.56 Å². The highest BCUT2D eigenvalue weighted by molar-refractivity contribution is 5.88. The Balaban J connectivity index is 2.14. The topological polar surface area (TPSA) is 67.9 Å². The second kappa shape index (κ2) is 10.3. The van der Waals surface area contributed by atoms with Gasteiger partial charge in [0.15, 0.2) is 6.61 Å². The average molecular weight is 388 g/mol. The molecule has 1 atom stereocenters. The minimum atomic E-state index is -0.651. The number of carbonyl (C=O) groups excluding carboxylic acids is 2. The number of benzene rings is 2. The Bertz CT molecular complexity index is 778. The molecule has 0 radical (unpaired) electrons. The Labute approximate surface area is 164 Å². The molecule has 0 saturated heterocycles. The van der Waals surface area contributed by atoms with Crippen LogP contribution in [0.2, 0.25) is 0 Å². The van der Waals surface area contributed by atoms with Gasteiger partial charge in [-0.2, -0.15) is 0 Å². The lowest BCUT2D eigenvalue weighted by Crippen LogP contribution is -2.49. The Hall–Kier alpha value is -3.09. The van der Waals surface area contributed by atoms with Crippen molar-refractivity contribution in [1.82, 2.24) is 10.2 Å². The maximum absolute atomic E-state index is 13.2. The molecule has 6 nitrogen and oxygen atoms in total. The first-order valence-electron chi connectivity index (χ1n) is 9.00. The summed E-state index contributed by atoms with van der Waals surface area (Å²) in [6.45, 7) is 1.78. The maximum Gasteiger partial charge on any atom is 0.261 e. The van der Waals surface area contributed by atoms with Crippen molar-refractivity contribution < 1.29 is 23.5 Å². The van der Waals surface area contributed by atoms with Crippen LogP contribution < -0.4 is 14.8 Å². The molecule has 0 aliphatic rings. The van der Waals surface area contributed by atoms with Crippen molar-refractivity contribution in [3.8, 4) is 11.5 Å². The SMILES string of the molecule is CC[C@H](C(=O)NC)N(Cc1ccc(F)cc1)C(=O)COc1ccc(OC)cc1. The molecule has 0 aliphatic carbocycles. The van der Waals surface area contributed by atoms with Crippen molar-refractivity contribution in [3.05, 3.63) is 59.9 Å². The molecule has 0 heterocycles. The van der Waals surface area contributed by atoms with Gasteiger partial charge in [0, 0.05) is 13.6 Å². The molecule has 2 aromatic rings. The Morgan fingerprint density at radius 1 is 1.07 bits per heavy atom. The number of carbonyl (C=O) groups is 2. The van der Waals surface area contributed by atoms with Crippen LogP contribution in [-0.4, -0.2) is 43.5 Å². The van der Waals surface area contributed by atoms with Gasteiger partial charge < -0.3 is 19.7 Å². The van der Waals surface area contributed by atoms with E-state index < -0.39 is 6.04 Å². The molecule has 7 heteroatoms. The zero-order valence-electron chi connectivity index (χ0n) is 16.3. The van der Waals surface area contributed by atoms with Crippen LogP contribution >= 0.6 is 0 Å². The summed E-state index contributed by atoms with van der Waals surface area (Å²) >= 11 is 0. The van der Waals surface area contributed by atoms with Crippen LogP contribution in [0.1, 0.15) is 18.9 Å². The quantitative estimate of drug-likeness (QED) is 0.717. The summed E-state index contributed by atoms with van der Waals surface area (Å²) in [5, 5.41) is 2.59. The van der Waals surface area contributed by atoms with Gasteiger partial charge in [-0.3, -0.25) is 9.59 Å². The Morgan fingerprint density at radius 3 is 2.21 bits per heavy atom. The van der Waals surface area contributed by atoms with E-state index in [1.54, 1.807) is 43.5 Å². The lowest BCUT2D eigenvalue weighted by atomic mass is 10.1. The van der Waals surface area contributed by atoms with Gasteiger partial charge in [-0.1, -0.05) is 19.1 Å². The fraction of sp³-hybridized carbons (Fsp3) is 0.333. The van der Waals surface area contributed by atoms with E-state index in [1.165, 1.54) is 24.1 Å². The number of rotatable bonds is 9. The summed E-state index contributed by atoms with van der Waals surface area (Å²) in [4.78, 5) is 26.6. The average Bonchev–Trinajstić information content (AvgIpc) is 2.73. The van der Waals surface area contributed by atoms with Crippen molar-refractivity contribution in [1.29, 1.82) is 0 Å². The number of nitrogens with zero attached hydrogens (tertiary/aromatic N) is 1. The van der Waals surface area contributed by atoms with Gasteiger partial charge in [0.05, 0.1) is 7.11 Å². The van der Waals surface area contributed by atoms with Crippen LogP contribution in [0.3, 0.4) is 0 Å². The third-order valence-corrected chi connectivity index (χ3v) is 4.32. The van der Waals surface area contributed by atoms with E-state index >= 15 is 0 Å². The molecule has 0 aromatic heterocycles. The third kappa shape index (κ3) is 5.70. The number of hydrogen-bond donors (Lipinski definition) is 1. The predicted molar refractivity (Wildman–Crippen MR) is 104 cm³/mol. The van der Waals surface area contributed by atoms with E-state index in [2.05, 4.69) is 5.32 Å². The van der Waals surface area contributed by atoms with E-state index in [0.29, 0.717) is 17.9 Å². The second-order valence-electron chi connectivity index (χ2n) is 6.15. The number of hydrogen-bond acceptors (Lipinski definition) is 4. The molecular formula is C21H25FN2O4. The van der Waals surface area contributed by atoms with Gasteiger partial charge >= 0.3 is 0 Å². The van der Waals surface area contributed by atoms with Gasteiger partial charge in [-0.25, -0.2) is 4.39 Å². The van der Waals surface area contributed by atoms with Gasteiger partial charge in [0.1, 0.15) is 23.4 Å². The summed E-state index contributed by atoms with van der Waals surface area (Å²) in [5.74, 6) is 0.243. The fourth-order valence-electron chi connectivity index (χ4n) is 2.77. The molecule has 2 amide bonds. The highest BCUT2D eigenvalue weighted by atomic mass is 19.1. The van der Waals surface area contributed by atoms with Crippen LogP contribution in [0.4, 0.5) is 4.39 Å². The molecule has 150 valence electrons. The standard InChI is InChI=1S/C21H25FN2O4/c1-4-19(21(26)23-2)24(13-15-5-7-16(22)8-6-15)20(25)14-28-18-11-9-17(27-3)10-12-18/h5-12,19H,4,13-14H2,1-3H3,(H,23,26)/t19-/m1/s1. The molecule has 0 spiro atoms. The second-order valence-corrected chi connectivity index (χ2v) is 6.15. The lowest BCUT2D eigenvalue weighted by Gasteiger charge is -2.30. The molecule has 0 aliphatic heterocycles. The third-order valence-electron chi connectivity index (χ3n) is 4.32. The predicted octanol–water partition coefficient (Wildman–Crippen LogP) is 2.77. The smallest absolute Gasteiger partial charge is 0.261 e. The minimum Gasteiger partial charge on any atom is -0.497 e. The molecule has 0 bridgehead atoms. The molecule has 1 N–H and O–H groups in total. The monoisotopic (exact) mass is 388 g/mol. The van der Waals surface area contributed by atoms with E-state index in [-0.39, 0.29) is 30.8 Å². The van der Waals surface area contributed by atoms with Crippen LogP contribution in [0.25, 0.3) is 0 Å². The van der Waals surface area contributed by atoms with Crippen molar-refractivity contribution in [2.24, 2.45) is 0 Å². The number of halogens is 1. The first-order valence-corrected chi connectivity index (χ1v) is 9.00. The van der Waals surface area contributed by atoms with Gasteiger partial charge in [0.25, 0.3) is 5.91 Å². The zero-order chi connectivity index (χ0) is 20.5. The van der Waals surface area contributed by atoms with Crippen LogP contribution in [0.15, 0.2) is 48.5 Å². The normalized spacial score (nSPS) is 11.4. The first-order chi connectivity index (χ1) is 13.5. The number of likely N-dealkylation sites (N-methyl/N-ethyl adjacent to an activating group) is 1. The Morgan fingerprint density at radius 2 is 1.68 bits per heavy atom. The summed E-state index contributed by atoms with van der Waals surface area (Å²) in [7, 11) is 3.09. The Kier molecular flexibility index (Phi) is 7.80. The van der Waals surface area contributed by atoms with Crippen LogP contribution in [0, 0.1) is 5.82 Å². The van der Waals surface area contributed by atoms with E-state index in [9.17, 15) is 14.0 Å². The highest BCUT2D eigenvalue weighted by Crippen LogP contribution is 2.18. The summed E-state index contributed by atoms with van der Waals surface area (Å²) in [5.41, 5.74) is 0.724. The van der Waals surface area contributed by atoms with Crippen molar-refractivity contribution in [2.45, 2.75) is 25.9 Å². The van der Waals surface area contributed by atoms with Gasteiger partial charge in [0.2, 0.25) is 5.91 Å². The van der Waals surface area contributed by atoms with Crippen LogP contribution in [0.5, 0.6) is 11.5 Å². The summed E-state index contributed by atoms with van der Waals surface area (Å²) in [6.07, 6.45) is 0.440. The largest absolute Gasteiger partial charge is 0.497 e. The molecule has 28 heavy (non-hydrogen) atoms. The summed E-state index contributed by atoms with van der Waals surface area (Å²) < 4.78 is 23.8. The number of amides is 2. The van der Waals surface area contributed by atoms with Crippen LogP contribution in [-0.2, 0) is 16.1 Å². The molecule has 0 saturated carbocycles. The fourth-order valence-corrected chi connectivity index (χ4v) is 2.77. The first kappa shape index (κ1) is 21.2. The zero-order valence-corrected chi connectivity index (χ0v) is 16.3. The highest BCUT2D eigenvalue weighted by Gasteiger charge is 2.28. The van der Waals surface area contributed by atoms with Crippen molar-refractivity contribution >= 4 is 11.8 Å². The van der Waals surface area contributed by atoms with Gasteiger partial charge in [-0.05, 0) is 48.4 Å². The van der Waals surface area contributed by atoms with Crippen molar-refractivity contribution in [2.75, 3.05) is 20.8 Å². The molecule has 0 fully saturated rings. The molecule has 2 aromatic carbocycles. The number of methoxy groups -OCH3 is 1. The van der Waals surface area contributed by atoms with Gasteiger partial charge in [-0.15, -0.1) is 0 Å². The molecule has 2 rings (SSSR count).